The van der Waals surface area contributed by atoms with Crippen LogP contribution < -0.4 is 0 Å². The largest absolute Gasteiger partial charge is 0.0991 e. The van der Waals surface area contributed by atoms with Gasteiger partial charge in [0.15, 0.2) is 0 Å². The first kappa shape index (κ1) is 20.2. The molecule has 0 N–H and O–H groups in total. The van der Waals surface area contributed by atoms with Gasteiger partial charge in [-0.15, -0.1) is 0 Å². The monoisotopic (exact) mass is 390 g/mol. The van der Waals surface area contributed by atoms with E-state index in [2.05, 4.69) is 114 Å². The van der Waals surface area contributed by atoms with E-state index < -0.39 is 0 Å². The summed E-state index contributed by atoms with van der Waals surface area (Å²) in [5.74, 6) is 0.451. The standard InChI is InChI=1S/C30H30/c1-7-9-16-26-21(5)22(6)29(19-23(8-2)20(3)4)30(26)27-17-12-10-14-24(27)25-15-11-13-18-28(25)30/h7-20H,1,6H2,2-5H3/b16-9-,23-8+,29-19+. The van der Waals surface area contributed by atoms with Crippen molar-refractivity contribution in [2.75, 3.05) is 0 Å². The molecule has 0 aromatic heterocycles. The van der Waals surface area contributed by atoms with Crippen molar-refractivity contribution in [3.8, 4) is 11.1 Å². The van der Waals surface area contributed by atoms with Crippen molar-refractivity contribution in [2.24, 2.45) is 5.92 Å². The summed E-state index contributed by atoms with van der Waals surface area (Å²) >= 11 is 0. The van der Waals surface area contributed by atoms with Gasteiger partial charge in [-0.05, 0) is 69.9 Å². The number of hydrogen-bond donors (Lipinski definition) is 0. The van der Waals surface area contributed by atoms with Crippen molar-refractivity contribution in [1.82, 2.24) is 0 Å². The van der Waals surface area contributed by atoms with Gasteiger partial charge in [0.05, 0.1) is 5.41 Å². The fourth-order valence-corrected chi connectivity index (χ4v) is 5.19. The molecule has 2 aromatic carbocycles. The van der Waals surface area contributed by atoms with E-state index in [1.54, 1.807) is 0 Å². The molecule has 2 aliphatic rings. The second-order valence-corrected chi connectivity index (χ2v) is 8.45. The normalized spacial score (nSPS) is 18.8. The highest BCUT2D eigenvalue weighted by molar-refractivity contribution is 5.90. The number of rotatable bonds is 4. The summed E-state index contributed by atoms with van der Waals surface area (Å²) < 4.78 is 0. The minimum absolute atomic E-state index is 0.336. The Morgan fingerprint density at radius 2 is 1.53 bits per heavy atom. The summed E-state index contributed by atoms with van der Waals surface area (Å²) in [4.78, 5) is 0. The molecule has 0 heteroatoms. The molecule has 1 spiro atoms. The van der Waals surface area contributed by atoms with E-state index in [-0.39, 0.29) is 5.41 Å². The van der Waals surface area contributed by atoms with Crippen LogP contribution in [0.15, 0.2) is 120 Å². The topological polar surface area (TPSA) is 0 Å². The maximum atomic E-state index is 4.57. The van der Waals surface area contributed by atoms with Gasteiger partial charge in [-0.3, -0.25) is 0 Å². The molecule has 0 unspecified atom stereocenters. The molecule has 0 bridgehead atoms. The van der Waals surface area contributed by atoms with Crippen LogP contribution in [-0.2, 0) is 5.41 Å². The van der Waals surface area contributed by atoms with Crippen LogP contribution in [0.1, 0.15) is 38.8 Å². The molecule has 0 fully saturated rings. The predicted octanol–water partition coefficient (Wildman–Crippen LogP) is 8.11. The Hall–Kier alpha value is -3.12. The van der Waals surface area contributed by atoms with Crippen molar-refractivity contribution in [2.45, 2.75) is 33.1 Å². The molecule has 0 radical (unpaired) electrons. The molecule has 0 atom stereocenters. The second-order valence-electron chi connectivity index (χ2n) is 8.45. The average molecular weight is 391 g/mol. The third-order valence-electron chi connectivity index (χ3n) is 6.65. The summed E-state index contributed by atoms with van der Waals surface area (Å²) in [6, 6.07) is 17.7. The van der Waals surface area contributed by atoms with Gasteiger partial charge in [0, 0.05) is 0 Å². The summed E-state index contributed by atoms with van der Waals surface area (Å²) in [7, 11) is 0. The minimum Gasteiger partial charge on any atom is -0.0991 e. The van der Waals surface area contributed by atoms with Crippen LogP contribution in [-0.4, -0.2) is 0 Å². The lowest BCUT2D eigenvalue weighted by Crippen LogP contribution is -2.27. The van der Waals surface area contributed by atoms with Crippen molar-refractivity contribution >= 4 is 0 Å². The Labute approximate surface area is 181 Å². The molecule has 0 amide bonds. The summed E-state index contributed by atoms with van der Waals surface area (Å²) in [6.45, 7) is 17.3. The van der Waals surface area contributed by atoms with Crippen LogP contribution in [0.4, 0.5) is 0 Å². The fourth-order valence-electron chi connectivity index (χ4n) is 5.19. The fraction of sp³-hybridized carbons (Fsp3) is 0.200. The van der Waals surface area contributed by atoms with Gasteiger partial charge in [0.25, 0.3) is 0 Å². The molecule has 0 heterocycles. The lowest BCUT2D eigenvalue weighted by molar-refractivity contribution is 0.759. The summed E-state index contributed by atoms with van der Waals surface area (Å²) in [6.07, 6.45) is 10.8. The van der Waals surface area contributed by atoms with Gasteiger partial charge in [0.2, 0.25) is 0 Å². The Kier molecular flexibility index (Phi) is 5.12. The molecule has 0 saturated heterocycles. The Balaban J connectivity index is 2.17. The van der Waals surface area contributed by atoms with Gasteiger partial charge in [-0.1, -0.05) is 106 Å². The molecule has 2 aromatic rings. The Morgan fingerprint density at radius 3 is 2.03 bits per heavy atom. The molecule has 0 nitrogen and oxygen atoms in total. The zero-order valence-electron chi connectivity index (χ0n) is 18.5. The van der Waals surface area contributed by atoms with Crippen molar-refractivity contribution in [3.63, 3.8) is 0 Å². The van der Waals surface area contributed by atoms with Crippen LogP contribution >= 0.6 is 0 Å². The highest BCUT2D eigenvalue weighted by Gasteiger charge is 2.52. The number of benzene rings is 2. The third-order valence-corrected chi connectivity index (χ3v) is 6.65. The highest BCUT2D eigenvalue weighted by Crippen LogP contribution is 2.63. The van der Waals surface area contributed by atoms with Gasteiger partial charge in [0.1, 0.15) is 0 Å². The van der Waals surface area contributed by atoms with Gasteiger partial charge < -0.3 is 0 Å². The van der Waals surface area contributed by atoms with E-state index in [9.17, 15) is 0 Å². The highest BCUT2D eigenvalue weighted by atomic mass is 14.5. The molecule has 2 aliphatic carbocycles. The molecule has 0 saturated carbocycles. The Bertz CT molecular complexity index is 1110. The van der Waals surface area contributed by atoms with Gasteiger partial charge in [-0.25, -0.2) is 0 Å². The number of hydrogen-bond acceptors (Lipinski definition) is 0. The maximum absolute atomic E-state index is 4.57. The van der Waals surface area contributed by atoms with E-state index >= 15 is 0 Å². The van der Waals surface area contributed by atoms with Crippen LogP contribution in [0.2, 0.25) is 0 Å². The molecule has 0 aliphatic heterocycles. The molecule has 4 rings (SSSR count). The lowest BCUT2D eigenvalue weighted by Gasteiger charge is -2.32. The van der Waals surface area contributed by atoms with Crippen molar-refractivity contribution in [1.29, 1.82) is 0 Å². The average Bonchev–Trinajstić information content (AvgIpc) is 3.16. The van der Waals surface area contributed by atoms with E-state index in [4.69, 9.17) is 0 Å². The first-order valence-electron chi connectivity index (χ1n) is 10.8. The van der Waals surface area contributed by atoms with E-state index in [1.807, 2.05) is 6.08 Å². The van der Waals surface area contributed by atoms with Crippen molar-refractivity contribution in [3.05, 3.63) is 131 Å². The minimum atomic E-state index is -0.336. The SMILES string of the molecule is C=C/C=C\C1=C(C)C(=C)/C(=C\C(=C/C)C(C)C)C12c1ccccc1-c1ccccc12. The number of allylic oxidation sites excluding steroid dienone is 10. The predicted molar refractivity (Wildman–Crippen MR) is 131 cm³/mol. The summed E-state index contributed by atoms with van der Waals surface area (Å²) in [5, 5.41) is 0. The first-order chi connectivity index (χ1) is 14.5. The van der Waals surface area contributed by atoms with Crippen molar-refractivity contribution < 1.29 is 0 Å². The molecule has 30 heavy (non-hydrogen) atoms. The van der Waals surface area contributed by atoms with Crippen LogP contribution in [0.5, 0.6) is 0 Å². The molecular formula is C30H30. The maximum Gasteiger partial charge on any atom is 0.0722 e. The van der Waals surface area contributed by atoms with Crippen LogP contribution in [0.25, 0.3) is 11.1 Å². The summed E-state index contributed by atoms with van der Waals surface area (Å²) in [5.41, 5.74) is 11.3. The quantitative estimate of drug-likeness (QED) is 0.462. The second kappa shape index (κ2) is 7.61. The van der Waals surface area contributed by atoms with E-state index in [0.29, 0.717) is 5.92 Å². The first-order valence-corrected chi connectivity index (χ1v) is 10.8. The van der Waals surface area contributed by atoms with E-state index in [0.717, 1.165) is 5.57 Å². The van der Waals surface area contributed by atoms with Crippen LogP contribution in [0.3, 0.4) is 0 Å². The zero-order chi connectivity index (χ0) is 21.5. The smallest absolute Gasteiger partial charge is 0.0722 e. The van der Waals surface area contributed by atoms with Gasteiger partial charge in [-0.2, -0.15) is 0 Å². The lowest BCUT2D eigenvalue weighted by atomic mass is 9.68. The zero-order valence-corrected chi connectivity index (χ0v) is 18.5. The molecular weight excluding hydrogens is 360 g/mol. The third kappa shape index (κ3) is 2.67. The van der Waals surface area contributed by atoms with Crippen LogP contribution in [0, 0.1) is 5.92 Å². The van der Waals surface area contributed by atoms with E-state index in [1.165, 1.54) is 44.5 Å². The Morgan fingerprint density at radius 1 is 0.967 bits per heavy atom. The molecule has 150 valence electrons. The number of fused-ring (bicyclic) bond motifs is 5. The van der Waals surface area contributed by atoms with Gasteiger partial charge >= 0.3 is 0 Å².